The second-order valence-corrected chi connectivity index (χ2v) is 5.36. The first-order valence-corrected chi connectivity index (χ1v) is 7.70. The second-order valence-electron chi connectivity index (χ2n) is 5.36. The molecule has 1 aromatic heterocycles. The van der Waals surface area contributed by atoms with E-state index in [9.17, 15) is 14.4 Å². The highest BCUT2D eigenvalue weighted by Crippen LogP contribution is 2.19. The van der Waals surface area contributed by atoms with E-state index in [0.717, 1.165) is 16.5 Å². The van der Waals surface area contributed by atoms with Crippen molar-refractivity contribution in [1.29, 1.82) is 0 Å². The number of methoxy groups -OCH3 is 2. The highest BCUT2D eigenvalue weighted by Gasteiger charge is 2.20. The van der Waals surface area contributed by atoms with Crippen LogP contribution in [-0.2, 0) is 30.3 Å². The summed E-state index contributed by atoms with van der Waals surface area (Å²) in [5.74, 6) is -1.48. The van der Waals surface area contributed by atoms with Gasteiger partial charge in [0, 0.05) is 29.7 Å². The molecule has 2 rings (SSSR count). The quantitative estimate of drug-likeness (QED) is 0.428. The van der Waals surface area contributed by atoms with E-state index in [1.165, 1.54) is 26.5 Å². The van der Waals surface area contributed by atoms with Crippen LogP contribution in [0.3, 0.4) is 0 Å². The minimum absolute atomic E-state index is 0.347. The molecule has 0 saturated heterocycles. The van der Waals surface area contributed by atoms with Gasteiger partial charge in [0.05, 0.1) is 14.2 Å². The number of ketones is 1. The molecule has 0 bridgehead atoms. The lowest BCUT2D eigenvalue weighted by Crippen LogP contribution is -2.36. The number of fused-ring (bicyclic) bond motifs is 1. The van der Waals surface area contributed by atoms with Crippen LogP contribution in [0, 0.1) is 0 Å². The number of aromatic amines is 1. The van der Waals surface area contributed by atoms with E-state index < -0.39 is 23.8 Å². The zero-order chi connectivity index (χ0) is 18.2. The van der Waals surface area contributed by atoms with Gasteiger partial charge in [-0.05, 0) is 17.7 Å². The zero-order valence-electron chi connectivity index (χ0n) is 14.1. The van der Waals surface area contributed by atoms with Crippen LogP contribution in [0.25, 0.3) is 10.9 Å². The van der Waals surface area contributed by atoms with Gasteiger partial charge in [-0.25, -0.2) is 4.79 Å². The second kappa shape index (κ2) is 8.68. The molecule has 2 aromatic rings. The normalized spacial score (nSPS) is 12.1. The smallest absolute Gasteiger partial charge is 0.328 e. The van der Waals surface area contributed by atoms with Crippen LogP contribution in [0.4, 0.5) is 0 Å². The van der Waals surface area contributed by atoms with Crippen LogP contribution >= 0.6 is 0 Å². The Morgan fingerprint density at radius 2 is 1.96 bits per heavy atom. The van der Waals surface area contributed by atoms with Crippen LogP contribution in [0.15, 0.2) is 42.7 Å². The highest BCUT2D eigenvalue weighted by atomic mass is 16.5. The molecule has 0 aliphatic rings. The molecule has 0 radical (unpaired) electrons. The number of hydrogen-bond acceptors (Lipinski definition) is 6. The van der Waals surface area contributed by atoms with Crippen molar-refractivity contribution in [3.63, 3.8) is 0 Å². The van der Waals surface area contributed by atoms with Gasteiger partial charge in [-0.15, -0.1) is 0 Å². The van der Waals surface area contributed by atoms with E-state index in [4.69, 9.17) is 4.74 Å². The summed E-state index contributed by atoms with van der Waals surface area (Å²) >= 11 is 0. The van der Waals surface area contributed by atoms with Crippen LogP contribution in [-0.4, -0.2) is 43.0 Å². The standard InChI is InChI=1S/C18H20N2O5/c1-24-17(22)10-13(21)7-8-19-16(18(23)25-2)9-12-11-20-15-6-4-3-5-14(12)15/h3-8,11,16,19-20H,9-10H2,1-2H3/b8-7+/t16-/m1/s1. The maximum Gasteiger partial charge on any atom is 0.328 e. The molecule has 1 atom stereocenters. The summed E-state index contributed by atoms with van der Waals surface area (Å²) in [5.41, 5.74) is 1.93. The Balaban J connectivity index is 2.05. The molecule has 0 aliphatic carbocycles. The summed E-state index contributed by atoms with van der Waals surface area (Å²) in [6.07, 6.45) is 4.42. The maximum absolute atomic E-state index is 12.0. The first kappa shape index (κ1) is 18.3. The first-order chi connectivity index (χ1) is 12.0. The molecule has 25 heavy (non-hydrogen) atoms. The fourth-order valence-electron chi connectivity index (χ4n) is 2.40. The molecule has 2 N–H and O–H groups in total. The molecule has 7 nitrogen and oxygen atoms in total. The van der Waals surface area contributed by atoms with E-state index in [0.29, 0.717) is 6.42 Å². The summed E-state index contributed by atoms with van der Waals surface area (Å²) in [4.78, 5) is 37.7. The number of hydrogen-bond donors (Lipinski definition) is 2. The molecule has 0 unspecified atom stereocenters. The summed E-state index contributed by atoms with van der Waals surface area (Å²) in [6, 6.07) is 7.10. The molecule has 0 saturated carbocycles. The van der Waals surface area contributed by atoms with Crippen LogP contribution < -0.4 is 5.32 Å². The van der Waals surface area contributed by atoms with E-state index in [-0.39, 0.29) is 6.42 Å². The Labute approximate surface area is 145 Å². The zero-order valence-corrected chi connectivity index (χ0v) is 14.1. The first-order valence-electron chi connectivity index (χ1n) is 7.70. The third-order valence-corrected chi connectivity index (χ3v) is 3.70. The Kier molecular flexibility index (Phi) is 6.33. The van der Waals surface area contributed by atoms with Gasteiger partial charge in [0.1, 0.15) is 12.5 Å². The number of nitrogens with one attached hydrogen (secondary N) is 2. The van der Waals surface area contributed by atoms with Crippen LogP contribution in [0.1, 0.15) is 12.0 Å². The lowest BCUT2D eigenvalue weighted by molar-refractivity contribution is -0.143. The van der Waals surface area contributed by atoms with Crippen molar-refractivity contribution >= 4 is 28.6 Å². The average molecular weight is 344 g/mol. The van der Waals surface area contributed by atoms with Crippen LogP contribution in [0.2, 0.25) is 0 Å². The minimum Gasteiger partial charge on any atom is -0.469 e. The third-order valence-electron chi connectivity index (χ3n) is 3.70. The molecule has 0 spiro atoms. The summed E-state index contributed by atoms with van der Waals surface area (Å²) < 4.78 is 9.23. The Morgan fingerprint density at radius 3 is 2.68 bits per heavy atom. The van der Waals surface area contributed by atoms with Gasteiger partial charge in [-0.2, -0.15) is 0 Å². The van der Waals surface area contributed by atoms with Gasteiger partial charge in [-0.3, -0.25) is 9.59 Å². The van der Waals surface area contributed by atoms with Gasteiger partial charge in [0.2, 0.25) is 0 Å². The predicted molar refractivity (Wildman–Crippen MR) is 91.7 cm³/mol. The van der Waals surface area contributed by atoms with Gasteiger partial charge < -0.3 is 19.8 Å². The predicted octanol–water partition coefficient (Wildman–Crippen LogP) is 1.49. The van der Waals surface area contributed by atoms with Gasteiger partial charge >= 0.3 is 11.9 Å². The Bertz CT molecular complexity index is 794. The number of carbonyl (C=O) groups excluding carboxylic acids is 3. The maximum atomic E-state index is 12.0. The van der Waals surface area contributed by atoms with Crippen molar-refractivity contribution in [3.8, 4) is 0 Å². The number of aromatic nitrogens is 1. The summed E-state index contributed by atoms with van der Waals surface area (Å²) in [6.45, 7) is 0. The summed E-state index contributed by atoms with van der Waals surface area (Å²) in [7, 11) is 2.52. The lowest BCUT2D eigenvalue weighted by atomic mass is 10.1. The fourth-order valence-corrected chi connectivity index (χ4v) is 2.40. The van der Waals surface area contributed by atoms with E-state index in [1.54, 1.807) is 0 Å². The van der Waals surface area contributed by atoms with Gasteiger partial charge in [0.15, 0.2) is 5.78 Å². The fraction of sp³-hybridized carbons (Fsp3) is 0.278. The number of benzene rings is 1. The van der Waals surface area contributed by atoms with E-state index in [1.807, 2.05) is 30.5 Å². The minimum atomic E-state index is -0.661. The van der Waals surface area contributed by atoms with Crippen molar-refractivity contribution in [3.05, 3.63) is 48.3 Å². The largest absolute Gasteiger partial charge is 0.469 e. The third kappa shape index (κ3) is 4.94. The number of carbonyl (C=O) groups is 3. The molecule has 132 valence electrons. The van der Waals surface area contributed by atoms with E-state index in [2.05, 4.69) is 15.0 Å². The monoisotopic (exact) mass is 344 g/mol. The van der Waals surface area contributed by atoms with E-state index >= 15 is 0 Å². The number of allylic oxidation sites excluding steroid dienone is 1. The topological polar surface area (TPSA) is 97.5 Å². The Morgan fingerprint density at radius 1 is 1.20 bits per heavy atom. The molecule has 1 aromatic carbocycles. The highest BCUT2D eigenvalue weighted by molar-refractivity contribution is 6.01. The summed E-state index contributed by atoms with van der Waals surface area (Å²) in [5, 5.41) is 3.87. The number of H-pyrrole nitrogens is 1. The van der Waals surface area contributed by atoms with Crippen molar-refractivity contribution < 1.29 is 23.9 Å². The van der Waals surface area contributed by atoms with Crippen molar-refractivity contribution in [2.24, 2.45) is 0 Å². The molecular formula is C18H20N2O5. The number of para-hydroxylation sites is 1. The van der Waals surface area contributed by atoms with Gasteiger partial charge in [-0.1, -0.05) is 18.2 Å². The molecule has 7 heteroatoms. The lowest BCUT2D eigenvalue weighted by Gasteiger charge is -2.14. The average Bonchev–Trinajstić information content (AvgIpc) is 3.03. The molecule has 0 aliphatic heterocycles. The van der Waals surface area contributed by atoms with Crippen molar-refractivity contribution in [2.45, 2.75) is 18.9 Å². The molecular weight excluding hydrogens is 324 g/mol. The SMILES string of the molecule is COC(=O)CC(=O)/C=C/N[C@H](Cc1c[nH]c2ccccc12)C(=O)OC. The molecule has 1 heterocycles. The number of ether oxygens (including phenoxy) is 2. The van der Waals surface area contributed by atoms with Crippen molar-refractivity contribution in [2.75, 3.05) is 14.2 Å². The molecule has 0 fully saturated rings. The number of rotatable bonds is 8. The number of esters is 2. The van der Waals surface area contributed by atoms with Crippen LogP contribution in [0.5, 0.6) is 0 Å². The van der Waals surface area contributed by atoms with Gasteiger partial charge in [0.25, 0.3) is 0 Å². The molecule has 0 amide bonds. The van der Waals surface area contributed by atoms with Crippen molar-refractivity contribution in [1.82, 2.24) is 10.3 Å². The Hall–Kier alpha value is -3.09.